The average Bonchev–Trinajstić information content (AvgIpc) is 3.22. The first-order valence-corrected chi connectivity index (χ1v) is 11.9. The molecule has 1 fully saturated rings. The number of hydrogen-bond donors (Lipinski definition) is 3. The highest BCUT2D eigenvalue weighted by Crippen LogP contribution is 2.24. The summed E-state index contributed by atoms with van der Waals surface area (Å²) in [4.78, 5) is 38.1. The number of halogens is 2. The summed E-state index contributed by atoms with van der Waals surface area (Å²) in [5.41, 5.74) is 2.16. The van der Waals surface area contributed by atoms with Crippen molar-refractivity contribution in [1.29, 1.82) is 0 Å². The van der Waals surface area contributed by atoms with Gasteiger partial charge in [-0.1, -0.05) is 56.1 Å². The summed E-state index contributed by atoms with van der Waals surface area (Å²) >= 11 is 6.78. The fraction of sp³-hybridized carbons (Fsp3) is 0.348. The van der Waals surface area contributed by atoms with Gasteiger partial charge in [0.2, 0.25) is 11.8 Å². The number of rotatable bonds is 8. The van der Waals surface area contributed by atoms with Crippen LogP contribution in [0.1, 0.15) is 11.1 Å². The Bertz CT molecular complexity index is 879. The van der Waals surface area contributed by atoms with Crippen LogP contribution < -0.4 is 10.6 Å². The van der Waals surface area contributed by atoms with Crippen molar-refractivity contribution in [1.82, 2.24) is 15.5 Å². The summed E-state index contributed by atoms with van der Waals surface area (Å²) < 4.78 is 1.97. The van der Waals surface area contributed by atoms with E-state index in [1.807, 2.05) is 48.5 Å². The maximum absolute atomic E-state index is 12.8. The minimum Gasteiger partial charge on any atom is -0.465 e. The molecule has 1 heterocycles. The van der Waals surface area contributed by atoms with Crippen LogP contribution in [0.4, 0.5) is 4.79 Å². The molecule has 0 aromatic heterocycles. The van der Waals surface area contributed by atoms with Crippen molar-refractivity contribution in [3.8, 4) is 0 Å². The standard InChI is InChI=1S/C23H25Br2N3O4/c24-17-5-1-15(2-6-17)9-11-26-21(29)19-13-28(23(31)32)14-20(19)22(30)27-12-10-16-3-7-18(25)8-4-16/h1-8,19-20H,9-14H2,(H,26,29)(H,27,30)(H,31,32)/t19-,20-/m0/s1. The lowest BCUT2D eigenvalue weighted by Gasteiger charge is -2.17. The Morgan fingerprint density at radius 1 is 0.781 bits per heavy atom. The summed E-state index contributed by atoms with van der Waals surface area (Å²) in [6, 6.07) is 15.6. The van der Waals surface area contributed by atoms with Crippen molar-refractivity contribution in [2.24, 2.45) is 11.8 Å². The second-order valence-corrected chi connectivity index (χ2v) is 9.57. The van der Waals surface area contributed by atoms with Crippen molar-refractivity contribution in [2.45, 2.75) is 12.8 Å². The van der Waals surface area contributed by atoms with E-state index < -0.39 is 17.9 Å². The summed E-state index contributed by atoms with van der Waals surface area (Å²) in [6.07, 6.45) is 0.180. The minimum atomic E-state index is -1.12. The van der Waals surface area contributed by atoms with Crippen molar-refractivity contribution in [2.75, 3.05) is 26.2 Å². The van der Waals surface area contributed by atoms with Gasteiger partial charge in [-0.3, -0.25) is 9.59 Å². The highest BCUT2D eigenvalue weighted by atomic mass is 79.9. The molecule has 3 rings (SSSR count). The molecule has 2 atom stereocenters. The molecule has 2 aromatic carbocycles. The quantitative estimate of drug-likeness (QED) is 0.456. The highest BCUT2D eigenvalue weighted by molar-refractivity contribution is 9.10. The average molecular weight is 567 g/mol. The van der Waals surface area contributed by atoms with E-state index in [0.717, 1.165) is 25.0 Å². The number of nitrogens with one attached hydrogen (secondary N) is 2. The van der Waals surface area contributed by atoms with Crippen LogP contribution in [-0.2, 0) is 22.4 Å². The minimum absolute atomic E-state index is 0.0181. The zero-order chi connectivity index (χ0) is 23.1. The van der Waals surface area contributed by atoms with Gasteiger partial charge in [0.15, 0.2) is 0 Å². The third-order valence-electron chi connectivity index (χ3n) is 5.52. The molecule has 0 saturated carbocycles. The first-order valence-electron chi connectivity index (χ1n) is 10.4. The Hall–Kier alpha value is -2.39. The van der Waals surface area contributed by atoms with E-state index in [2.05, 4.69) is 42.5 Å². The molecule has 0 radical (unpaired) electrons. The van der Waals surface area contributed by atoms with E-state index in [1.54, 1.807) is 0 Å². The molecular weight excluding hydrogens is 542 g/mol. The summed E-state index contributed by atoms with van der Waals surface area (Å²) in [5, 5.41) is 15.1. The van der Waals surface area contributed by atoms with Gasteiger partial charge in [-0.2, -0.15) is 0 Å². The number of carbonyl (C=O) groups is 3. The molecule has 3 amide bonds. The predicted octanol–water partition coefficient (Wildman–Crippen LogP) is 3.46. The highest BCUT2D eigenvalue weighted by Gasteiger charge is 2.43. The molecule has 1 aliphatic rings. The van der Waals surface area contributed by atoms with Crippen LogP contribution in [0.25, 0.3) is 0 Å². The zero-order valence-electron chi connectivity index (χ0n) is 17.4. The second-order valence-electron chi connectivity index (χ2n) is 7.74. The molecule has 170 valence electrons. The Morgan fingerprint density at radius 3 is 1.50 bits per heavy atom. The normalized spacial score (nSPS) is 17.8. The SMILES string of the molecule is O=C(NCCc1ccc(Br)cc1)[C@H]1CN(C(=O)O)C[C@@H]1C(=O)NCCc1ccc(Br)cc1. The number of benzene rings is 2. The maximum Gasteiger partial charge on any atom is 0.407 e. The molecule has 1 aliphatic heterocycles. The number of nitrogens with zero attached hydrogens (tertiary/aromatic N) is 1. The van der Waals surface area contributed by atoms with Crippen molar-refractivity contribution >= 4 is 49.8 Å². The third kappa shape index (κ3) is 6.80. The Kier molecular flexibility index (Phi) is 8.69. The molecule has 32 heavy (non-hydrogen) atoms. The monoisotopic (exact) mass is 565 g/mol. The molecule has 0 unspecified atom stereocenters. The van der Waals surface area contributed by atoms with E-state index in [4.69, 9.17) is 0 Å². The van der Waals surface area contributed by atoms with Gasteiger partial charge in [0.25, 0.3) is 0 Å². The van der Waals surface area contributed by atoms with Gasteiger partial charge < -0.3 is 20.6 Å². The van der Waals surface area contributed by atoms with Gasteiger partial charge in [0.1, 0.15) is 0 Å². The smallest absolute Gasteiger partial charge is 0.407 e. The Morgan fingerprint density at radius 2 is 1.16 bits per heavy atom. The molecule has 0 aliphatic carbocycles. The van der Waals surface area contributed by atoms with Crippen molar-refractivity contribution in [3.63, 3.8) is 0 Å². The van der Waals surface area contributed by atoms with Gasteiger partial charge in [0.05, 0.1) is 11.8 Å². The summed E-state index contributed by atoms with van der Waals surface area (Å²) in [7, 11) is 0. The summed E-state index contributed by atoms with van der Waals surface area (Å²) in [5.74, 6) is -2.00. The largest absolute Gasteiger partial charge is 0.465 e. The van der Waals surface area contributed by atoms with Crippen LogP contribution >= 0.6 is 31.9 Å². The van der Waals surface area contributed by atoms with Crippen LogP contribution in [0.15, 0.2) is 57.5 Å². The Balaban J connectivity index is 1.53. The van der Waals surface area contributed by atoms with Crippen LogP contribution in [-0.4, -0.2) is 54.1 Å². The number of amides is 3. The number of likely N-dealkylation sites (tertiary alicyclic amines) is 1. The number of hydrogen-bond acceptors (Lipinski definition) is 3. The van der Waals surface area contributed by atoms with E-state index in [-0.39, 0.29) is 24.9 Å². The molecule has 0 spiro atoms. The van der Waals surface area contributed by atoms with Gasteiger partial charge in [-0.25, -0.2) is 4.79 Å². The first-order chi connectivity index (χ1) is 15.3. The molecular formula is C23H25Br2N3O4. The van der Waals surface area contributed by atoms with Crippen LogP contribution in [0, 0.1) is 11.8 Å². The second kappa shape index (κ2) is 11.5. The fourth-order valence-electron chi connectivity index (χ4n) is 3.72. The van der Waals surface area contributed by atoms with Crippen LogP contribution in [0.2, 0.25) is 0 Å². The molecule has 0 bridgehead atoms. The fourth-order valence-corrected chi connectivity index (χ4v) is 4.24. The third-order valence-corrected chi connectivity index (χ3v) is 6.57. The lowest BCUT2D eigenvalue weighted by molar-refractivity contribution is -0.132. The van der Waals surface area contributed by atoms with Gasteiger partial charge in [0, 0.05) is 35.1 Å². The van der Waals surface area contributed by atoms with Crippen molar-refractivity contribution < 1.29 is 19.5 Å². The molecule has 9 heteroatoms. The van der Waals surface area contributed by atoms with Gasteiger partial charge >= 0.3 is 6.09 Å². The molecule has 2 aromatic rings. The topological polar surface area (TPSA) is 98.7 Å². The molecule has 1 saturated heterocycles. The molecule has 7 nitrogen and oxygen atoms in total. The number of carbonyl (C=O) groups excluding carboxylic acids is 2. The van der Waals surface area contributed by atoms with E-state index in [1.165, 1.54) is 0 Å². The summed E-state index contributed by atoms with van der Waals surface area (Å²) in [6.45, 7) is 0.873. The van der Waals surface area contributed by atoms with E-state index in [0.29, 0.717) is 25.9 Å². The van der Waals surface area contributed by atoms with E-state index in [9.17, 15) is 19.5 Å². The molecule has 3 N–H and O–H groups in total. The lowest BCUT2D eigenvalue weighted by atomic mass is 9.94. The Labute approximate surface area is 203 Å². The number of carboxylic acid groups (broad SMARTS) is 1. The lowest BCUT2D eigenvalue weighted by Crippen LogP contribution is -2.42. The maximum atomic E-state index is 12.8. The van der Waals surface area contributed by atoms with Gasteiger partial charge in [-0.15, -0.1) is 0 Å². The first kappa shape index (κ1) is 24.3. The van der Waals surface area contributed by atoms with Crippen LogP contribution in [0.3, 0.4) is 0 Å². The zero-order valence-corrected chi connectivity index (χ0v) is 20.6. The van der Waals surface area contributed by atoms with E-state index >= 15 is 0 Å². The predicted molar refractivity (Wildman–Crippen MR) is 128 cm³/mol. The van der Waals surface area contributed by atoms with Crippen LogP contribution in [0.5, 0.6) is 0 Å². The van der Waals surface area contributed by atoms with Crippen molar-refractivity contribution in [3.05, 3.63) is 68.6 Å². The van der Waals surface area contributed by atoms with Gasteiger partial charge in [-0.05, 0) is 48.2 Å².